The number of thiophene rings is 1. The second kappa shape index (κ2) is 8.70. The van der Waals surface area contributed by atoms with E-state index >= 15 is 0 Å². The van der Waals surface area contributed by atoms with E-state index < -0.39 is 12.2 Å². The van der Waals surface area contributed by atoms with Crippen molar-refractivity contribution in [3.05, 3.63) is 69.6 Å². The molecule has 0 spiro atoms. The Kier molecular flexibility index (Phi) is 6.63. The van der Waals surface area contributed by atoms with Gasteiger partial charge in [-0.05, 0) is 47.2 Å². The lowest BCUT2D eigenvalue weighted by Gasteiger charge is -2.09. The third-order valence-corrected chi connectivity index (χ3v) is 4.61. The molecule has 122 valence electrons. The third kappa shape index (κ3) is 5.38. The minimum absolute atomic E-state index is 0.148. The van der Waals surface area contributed by atoms with Crippen molar-refractivity contribution in [2.45, 2.75) is 38.4 Å². The maximum atomic E-state index is 10.2. The Bertz CT molecular complexity index is 670. The van der Waals surface area contributed by atoms with Crippen LogP contribution in [-0.2, 0) is 0 Å². The average Bonchev–Trinajstić information content (AvgIpc) is 3.08. The molecule has 0 saturated heterocycles. The first-order valence-corrected chi connectivity index (χ1v) is 8.59. The number of hydrogen-bond donors (Lipinski definition) is 3. The molecule has 0 aliphatic heterocycles. The summed E-state index contributed by atoms with van der Waals surface area (Å²) in [6.45, 7) is 2.03. The summed E-state index contributed by atoms with van der Waals surface area (Å²) in [5.74, 6) is 0.148. The molecule has 2 aromatic rings. The second-order valence-electron chi connectivity index (χ2n) is 5.39. The monoisotopic (exact) mass is 330 g/mol. The quantitative estimate of drug-likeness (QED) is 0.655. The Balaban J connectivity index is 1.98. The summed E-state index contributed by atoms with van der Waals surface area (Å²) in [7, 11) is 0. The molecule has 0 saturated carbocycles. The first-order chi connectivity index (χ1) is 11.1. The van der Waals surface area contributed by atoms with Crippen LogP contribution < -0.4 is 0 Å². The van der Waals surface area contributed by atoms with Crippen molar-refractivity contribution in [2.24, 2.45) is 0 Å². The fourth-order valence-corrected chi connectivity index (χ4v) is 3.02. The van der Waals surface area contributed by atoms with Crippen LogP contribution in [0.2, 0.25) is 0 Å². The van der Waals surface area contributed by atoms with Gasteiger partial charge in [-0.25, -0.2) is 0 Å². The van der Waals surface area contributed by atoms with Gasteiger partial charge in [0.05, 0.1) is 12.2 Å². The molecule has 0 fully saturated rings. The molecule has 1 heterocycles. The van der Waals surface area contributed by atoms with Gasteiger partial charge in [0.1, 0.15) is 5.75 Å². The highest BCUT2D eigenvalue weighted by atomic mass is 32.1. The lowest BCUT2D eigenvalue weighted by Crippen LogP contribution is -1.96. The molecule has 0 radical (unpaired) electrons. The summed E-state index contributed by atoms with van der Waals surface area (Å²) < 4.78 is 0. The van der Waals surface area contributed by atoms with Crippen LogP contribution >= 0.6 is 11.3 Å². The van der Waals surface area contributed by atoms with Crippen LogP contribution in [0.5, 0.6) is 5.75 Å². The van der Waals surface area contributed by atoms with Crippen LogP contribution in [0.3, 0.4) is 0 Å². The molecule has 23 heavy (non-hydrogen) atoms. The highest BCUT2D eigenvalue weighted by molar-refractivity contribution is 7.10. The van der Waals surface area contributed by atoms with Gasteiger partial charge in [-0.2, -0.15) is 0 Å². The average molecular weight is 330 g/mol. The molecular weight excluding hydrogens is 308 g/mol. The van der Waals surface area contributed by atoms with Crippen molar-refractivity contribution in [2.75, 3.05) is 0 Å². The van der Waals surface area contributed by atoms with E-state index in [1.54, 1.807) is 41.7 Å². The maximum absolute atomic E-state index is 10.2. The van der Waals surface area contributed by atoms with Crippen molar-refractivity contribution >= 4 is 11.3 Å². The van der Waals surface area contributed by atoms with Crippen LogP contribution in [0.15, 0.2) is 59.2 Å². The number of hydrogen-bond acceptors (Lipinski definition) is 4. The van der Waals surface area contributed by atoms with E-state index in [9.17, 15) is 15.3 Å². The Morgan fingerprint density at radius 1 is 1.22 bits per heavy atom. The van der Waals surface area contributed by atoms with Gasteiger partial charge >= 0.3 is 0 Å². The van der Waals surface area contributed by atoms with Crippen molar-refractivity contribution in [1.82, 2.24) is 0 Å². The van der Waals surface area contributed by atoms with Crippen LogP contribution in [0.1, 0.15) is 48.8 Å². The lowest BCUT2D eigenvalue weighted by molar-refractivity contribution is 0.180. The number of phenolic OH excluding ortho intramolecular Hbond substituents is 1. The van der Waals surface area contributed by atoms with E-state index in [4.69, 9.17) is 0 Å². The summed E-state index contributed by atoms with van der Waals surface area (Å²) in [5.41, 5.74) is 4.89. The molecule has 3 nitrogen and oxygen atoms in total. The van der Waals surface area contributed by atoms with E-state index in [0.29, 0.717) is 18.4 Å². The van der Waals surface area contributed by atoms with Gasteiger partial charge in [0.15, 0.2) is 0 Å². The fourth-order valence-electron chi connectivity index (χ4n) is 2.30. The third-order valence-electron chi connectivity index (χ3n) is 3.64. The number of benzene rings is 1. The molecule has 2 rings (SSSR count). The highest BCUT2D eigenvalue weighted by Crippen LogP contribution is 2.26. The second-order valence-corrected chi connectivity index (χ2v) is 6.37. The fraction of sp³-hybridized carbons (Fsp3) is 0.316. The molecule has 2 atom stereocenters. The van der Waals surface area contributed by atoms with E-state index in [1.807, 2.05) is 24.4 Å². The van der Waals surface area contributed by atoms with Crippen molar-refractivity contribution in [3.63, 3.8) is 0 Å². The normalized spacial score (nSPS) is 13.2. The number of aliphatic hydroxyl groups excluding tert-OH is 2. The SMILES string of the molecule is CCC(=C=CC[C@@H](O)c1cccc(O)c1)C[C@@H](O)c1cccs1. The smallest absolute Gasteiger partial charge is 0.115 e. The Morgan fingerprint density at radius 2 is 2.04 bits per heavy atom. The first kappa shape index (κ1) is 17.5. The topological polar surface area (TPSA) is 60.7 Å². The van der Waals surface area contributed by atoms with Gasteiger partial charge in [-0.3, -0.25) is 0 Å². The molecule has 0 bridgehead atoms. The number of aliphatic hydroxyl groups is 2. The summed E-state index contributed by atoms with van der Waals surface area (Å²) in [6.07, 6.45) is 2.41. The molecule has 0 aliphatic carbocycles. The van der Waals surface area contributed by atoms with Crippen LogP contribution in [-0.4, -0.2) is 15.3 Å². The minimum Gasteiger partial charge on any atom is -0.508 e. The molecule has 0 aliphatic rings. The summed E-state index contributed by atoms with van der Waals surface area (Å²) >= 11 is 1.55. The van der Waals surface area contributed by atoms with Crippen LogP contribution in [0.25, 0.3) is 0 Å². The zero-order valence-corrected chi connectivity index (χ0v) is 14.0. The van der Waals surface area contributed by atoms with E-state index in [0.717, 1.165) is 16.9 Å². The lowest BCUT2D eigenvalue weighted by atomic mass is 10.0. The summed E-state index contributed by atoms with van der Waals surface area (Å²) in [5, 5.41) is 31.7. The Morgan fingerprint density at radius 3 is 2.70 bits per heavy atom. The minimum atomic E-state index is -0.671. The van der Waals surface area contributed by atoms with Gasteiger partial charge in [-0.1, -0.05) is 25.1 Å². The summed E-state index contributed by atoms with van der Waals surface area (Å²) in [6, 6.07) is 10.5. The summed E-state index contributed by atoms with van der Waals surface area (Å²) in [4.78, 5) is 0.956. The zero-order valence-electron chi connectivity index (χ0n) is 13.1. The molecule has 3 N–H and O–H groups in total. The Hall–Kier alpha value is -1.84. The van der Waals surface area contributed by atoms with Crippen molar-refractivity contribution in [1.29, 1.82) is 0 Å². The van der Waals surface area contributed by atoms with Crippen LogP contribution in [0.4, 0.5) is 0 Å². The molecule has 1 aromatic heterocycles. The Labute approximate surface area is 140 Å². The van der Waals surface area contributed by atoms with Gasteiger partial charge in [0, 0.05) is 17.7 Å². The van der Waals surface area contributed by atoms with Gasteiger partial charge in [-0.15, -0.1) is 17.1 Å². The zero-order chi connectivity index (χ0) is 16.7. The molecule has 0 unspecified atom stereocenters. The standard InChI is InChI=1S/C19H22O3S/c1-2-14(12-18(22)19-10-5-11-23-19)6-3-9-17(21)15-7-4-8-16(20)13-15/h3-5,7-8,10-11,13,17-18,20-22H,2,9,12H2,1H3/t6?,17-,18-/m1/s1. The van der Waals surface area contributed by atoms with Crippen LogP contribution in [0, 0.1) is 0 Å². The van der Waals surface area contributed by atoms with Crippen molar-refractivity contribution in [3.8, 4) is 5.75 Å². The highest BCUT2D eigenvalue weighted by Gasteiger charge is 2.10. The predicted molar refractivity (Wildman–Crippen MR) is 93.5 cm³/mol. The van der Waals surface area contributed by atoms with Gasteiger partial charge in [0.25, 0.3) is 0 Å². The van der Waals surface area contributed by atoms with E-state index in [1.165, 1.54) is 0 Å². The van der Waals surface area contributed by atoms with Gasteiger partial charge in [0.2, 0.25) is 0 Å². The van der Waals surface area contributed by atoms with Gasteiger partial charge < -0.3 is 15.3 Å². The largest absolute Gasteiger partial charge is 0.508 e. The number of phenols is 1. The number of aromatic hydroxyl groups is 1. The van der Waals surface area contributed by atoms with E-state index in [2.05, 4.69) is 5.73 Å². The molecule has 0 amide bonds. The molecule has 1 aromatic carbocycles. The van der Waals surface area contributed by atoms with Crippen molar-refractivity contribution < 1.29 is 15.3 Å². The predicted octanol–water partition coefficient (Wildman–Crippen LogP) is 4.49. The molecule has 4 heteroatoms. The maximum Gasteiger partial charge on any atom is 0.115 e. The molecular formula is C19H22O3S. The number of rotatable bonds is 7. The van der Waals surface area contributed by atoms with E-state index in [-0.39, 0.29) is 5.75 Å². The first-order valence-electron chi connectivity index (χ1n) is 7.71.